The molecule has 192 valence electrons. The Kier molecular flexibility index (Phi) is 6.86. The number of aryl methyl sites for hydroxylation is 2. The smallest absolute Gasteiger partial charge is 0.356 e. The molecule has 2 heterocycles. The summed E-state index contributed by atoms with van der Waals surface area (Å²) in [6.45, 7) is 0.299. The number of likely N-dealkylation sites (tertiary alicyclic amines) is 1. The van der Waals surface area contributed by atoms with E-state index in [2.05, 4.69) is 6.07 Å². The Labute approximate surface area is 218 Å². The summed E-state index contributed by atoms with van der Waals surface area (Å²) in [5, 5.41) is 0.659. The van der Waals surface area contributed by atoms with E-state index in [1.807, 2.05) is 24.3 Å². The van der Waals surface area contributed by atoms with Gasteiger partial charge in [0.2, 0.25) is 0 Å². The third kappa shape index (κ3) is 4.44. The standard InChI is InChI=1S/C29H26ClF3N2O2/c1-37-28(29(31,32)33,22-7-3-2-4-8-22)27(36)35-16-13-19(14-17-35)25-24-12-11-23(30)18-21(24)10-9-20-6-5-15-34-26(20)25/h2-8,11-12,15,18H,9-10,13-14,16-17H2,1H3/t28-/m0/s1. The van der Waals surface area contributed by atoms with Crippen LogP contribution < -0.4 is 0 Å². The Morgan fingerprint density at radius 2 is 1.65 bits per heavy atom. The van der Waals surface area contributed by atoms with Crippen molar-refractivity contribution in [2.24, 2.45) is 0 Å². The number of amides is 1. The van der Waals surface area contributed by atoms with Crippen LogP contribution in [0.3, 0.4) is 0 Å². The number of carbonyl (C=O) groups excluding carboxylic acids is 1. The van der Waals surface area contributed by atoms with Crippen LogP contribution in [0.5, 0.6) is 0 Å². The van der Waals surface area contributed by atoms with Crippen molar-refractivity contribution in [3.05, 3.63) is 105 Å². The number of benzene rings is 2. The molecule has 8 heteroatoms. The Morgan fingerprint density at radius 1 is 0.946 bits per heavy atom. The lowest BCUT2D eigenvalue weighted by molar-refractivity contribution is -0.270. The number of piperidine rings is 1. The van der Waals surface area contributed by atoms with Gasteiger partial charge in [-0.15, -0.1) is 0 Å². The summed E-state index contributed by atoms with van der Waals surface area (Å²) in [4.78, 5) is 19.5. The molecule has 0 saturated carbocycles. The number of ether oxygens (including phenoxy) is 1. The summed E-state index contributed by atoms with van der Waals surface area (Å²) < 4.78 is 48.3. The molecule has 1 aliphatic carbocycles. The number of fused-ring (bicyclic) bond motifs is 2. The molecule has 1 fully saturated rings. The normalized spacial score (nSPS) is 17.5. The maximum atomic E-state index is 14.4. The number of hydrogen-bond acceptors (Lipinski definition) is 3. The topological polar surface area (TPSA) is 42.4 Å². The van der Waals surface area contributed by atoms with Crippen molar-refractivity contribution in [1.29, 1.82) is 0 Å². The van der Waals surface area contributed by atoms with Crippen LogP contribution in [-0.4, -0.2) is 42.2 Å². The number of methoxy groups -OCH3 is 1. The minimum atomic E-state index is -4.93. The second-order valence-electron chi connectivity index (χ2n) is 9.33. The average Bonchev–Trinajstić information content (AvgIpc) is 3.06. The molecule has 1 atom stereocenters. The van der Waals surface area contributed by atoms with Gasteiger partial charge in [-0.3, -0.25) is 9.78 Å². The van der Waals surface area contributed by atoms with Crippen LogP contribution in [0, 0.1) is 0 Å². The molecule has 3 aromatic rings. The van der Waals surface area contributed by atoms with Gasteiger partial charge in [0.1, 0.15) is 0 Å². The van der Waals surface area contributed by atoms with Crippen LogP contribution >= 0.6 is 11.6 Å². The van der Waals surface area contributed by atoms with Crippen LogP contribution in [0.15, 0.2) is 72.4 Å². The predicted molar refractivity (Wildman–Crippen MR) is 136 cm³/mol. The fourth-order valence-electron chi connectivity index (χ4n) is 5.49. The molecule has 4 nitrogen and oxygen atoms in total. The molecule has 0 N–H and O–H groups in total. The van der Waals surface area contributed by atoms with Crippen LogP contribution in [0.4, 0.5) is 13.2 Å². The van der Waals surface area contributed by atoms with Crippen molar-refractivity contribution in [3.63, 3.8) is 0 Å². The van der Waals surface area contributed by atoms with Gasteiger partial charge in [-0.2, -0.15) is 13.2 Å². The predicted octanol–water partition coefficient (Wildman–Crippen LogP) is 6.36. The molecular weight excluding hydrogens is 501 g/mol. The monoisotopic (exact) mass is 526 g/mol. The molecule has 37 heavy (non-hydrogen) atoms. The van der Waals surface area contributed by atoms with Gasteiger partial charge in [0.05, 0.1) is 5.69 Å². The SMILES string of the molecule is CO[C@](C(=O)N1CCC(=C2c3ccc(Cl)cc3CCc3cccnc32)CC1)(c1ccccc1)C(F)(F)F. The van der Waals surface area contributed by atoms with Crippen LogP contribution in [-0.2, 0) is 28.0 Å². The van der Waals surface area contributed by atoms with Gasteiger partial charge >= 0.3 is 6.18 Å². The number of carbonyl (C=O) groups is 1. The Morgan fingerprint density at radius 3 is 2.32 bits per heavy atom. The molecule has 5 rings (SSSR count). The first-order valence-corrected chi connectivity index (χ1v) is 12.6. The molecule has 0 spiro atoms. The first kappa shape index (κ1) is 25.5. The summed E-state index contributed by atoms with van der Waals surface area (Å²) in [5.41, 5.74) is 2.96. The summed E-state index contributed by atoms with van der Waals surface area (Å²) in [6, 6.07) is 16.9. The molecule has 2 aromatic carbocycles. The second kappa shape index (κ2) is 9.95. The maximum Gasteiger partial charge on any atom is 0.430 e. The van der Waals surface area contributed by atoms with E-state index < -0.39 is 17.7 Å². The molecule has 1 saturated heterocycles. The zero-order valence-electron chi connectivity index (χ0n) is 20.3. The Balaban J connectivity index is 1.52. The summed E-state index contributed by atoms with van der Waals surface area (Å²) in [6.07, 6.45) is -0.667. The van der Waals surface area contributed by atoms with Crippen molar-refractivity contribution in [2.75, 3.05) is 20.2 Å². The molecule has 0 radical (unpaired) electrons. The summed E-state index contributed by atoms with van der Waals surface area (Å²) >= 11 is 6.29. The minimum Gasteiger partial charge on any atom is -0.356 e. The quantitative estimate of drug-likeness (QED) is 0.399. The highest BCUT2D eigenvalue weighted by molar-refractivity contribution is 6.30. The molecular formula is C29H26ClF3N2O2. The van der Waals surface area contributed by atoms with E-state index >= 15 is 0 Å². The lowest BCUT2D eigenvalue weighted by Crippen LogP contribution is -2.57. The average molecular weight is 527 g/mol. The zero-order valence-corrected chi connectivity index (χ0v) is 21.1. The number of halogens is 4. The summed E-state index contributed by atoms with van der Waals surface area (Å²) in [7, 11) is 0.936. The van der Waals surface area contributed by atoms with Crippen LogP contribution in [0.1, 0.15) is 40.8 Å². The van der Waals surface area contributed by atoms with Gasteiger partial charge in [0.25, 0.3) is 11.5 Å². The zero-order chi connectivity index (χ0) is 26.2. The molecule has 0 unspecified atom stereocenters. The highest BCUT2D eigenvalue weighted by Gasteiger charge is 2.63. The number of aromatic nitrogens is 1. The lowest BCUT2D eigenvalue weighted by Gasteiger charge is -2.39. The molecule has 1 amide bonds. The van der Waals surface area contributed by atoms with Crippen molar-refractivity contribution < 1.29 is 22.7 Å². The molecule has 2 aliphatic rings. The first-order chi connectivity index (χ1) is 17.8. The largest absolute Gasteiger partial charge is 0.430 e. The molecule has 1 aromatic heterocycles. The third-order valence-corrected chi connectivity index (χ3v) is 7.56. The van der Waals surface area contributed by atoms with E-state index in [0.717, 1.165) is 53.5 Å². The Bertz CT molecular complexity index is 1350. The van der Waals surface area contributed by atoms with E-state index in [-0.39, 0.29) is 18.7 Å². The molecule has 0 bridgehead atoms. The Hall–Kier alpha value is -3.16. The number of hydrogen-bond donors (Lipinski definition) is 0. The van der Waals surface area contributed by atoms with Crippen molar-refractivity contribution in [1.82, 2.24) is 9.88 Å². The number of rotatable bonds is 3. The van der Waals surface area contributed by atoms with E-state index in [4.69, 9.17) is 21.3 Å². The number of pyridine rings is 1. The third-order valence-electron chi connectivity index (χ3n) is 7.32. The second-order valence-corrected chi connectivity index (χ2v) is 9.77. The van der Waals surface area contributed by atoms with Crippen molar-refractivity contribution in [3.8, 4) is 0 Å². The molecule has 1 aliphatic heterocycles. The minimum absolute atomic E-state index is 0.150. The summed E-state index contributed by atoms with van der Waals surface area (Å²) in [5.74, 6) is -1.09. The fourth-order valence-corrected chi connectivity index (χ4v) is 5.68. The fraction of sp³-hybridized carbons (Fsp3) is 0.310. The highest BCUT2D eigenvalue weighted by Crippen LogP contribution is 2.45. The van der Waals surface area contributed by atoms with Crippen LogP contribution in [0.2, 0.25) is 5.02 Å². The number of nitrogens with zero attached hydrogens (tertiary/aromatic N) is 2. The lowest BCUT2D eigenvalue weighted by atomic mass is 9.87. The van der Waals surface area contributed by atoms with Gasteiger partial charge in [-0.25, -0.2) is 0 Å². The maximum absolute atomic E-state index is 14.4. The van der Waals surface area contributed by atoms with Gasteiger partial charge in [-0.05, 0) is 60.6 Å². The van der Waals surface area contributed by atoms with Crippen LogP contribution in [0.25, 0.3) is 5.57 Å². The van der Waals surface area contributed by atoms with Gasteiger partial charge < -0.3 is 9.64 Å². The highest BCUT2D eigenvalue weighted by atomic mass is 35.5. The first-order valence-electron chi connectivity index (χ1n) is 12.2. The van der Waals surface area contributed by atoms with E-state index in [0.29, 0.717) is 17.9 Å². The van der Waals surface area contributed by atoms with E-state index in [9.17, 15) is 18.0 Å². The van der Waals surface area contributed by atoms with Crippen molar-refractivity contribution in [2.45, 2.75) is 37.5 Å². The van der Waals surface area contributed by atoms with E-state index in [1.54, 1.807) is 12.3 Å². The van der Waals surface area contributed by atoms with E-state index in [1.165, 1.54) is 29.2 Å². The van der Waals surface area contributed by atoms with Crippen molar-refractivity contribution >= 4 is 23.1 Å². The van der Waals surface area contributed by atoms with Gasteiger partial charge in [0, 0.05) is 42.6 Å². The number of alkyl halides is 3. The van der Waals surface area contributed by atoms with Gasteiger partial charge in [0.15, 0.2) is 0 Å². The van der Waals surface area contributed by atoms with Gasteiger partial charge in [-0.1, -0.05) is 59.6 Å².